The van der Waals surface area contributed by atoms with Crippen molar-refractivity contribution in [3.8, 4) is 0 Å². The van der Waals surface area contributed by atoms with Gasteiger partial charge in [-0.15, -0.1) is 0 Å². The van der Waals surface area contributed by atoms with Crippen molar-refractivity contribution < 1.29 is 23.9 Å². The van der Waals surface area contributed by atoms with Crippen molar-refractivity contribution >= 4 is 23.9 Å². The van der Waals surface area contributed by atoms with Crippen LogP contribution in [0.25, 0.3) is 6.08 Å². The Balaban J connectivity index is 2.25. The van der Waals surface area contributed by atoms with Crippen LogP contribution in [0.5, 0.6) is 0 Å². The number of benzene rings is 1. The van der Waals surface area contributed by atoms with Gasteiger partial charge in [-0.1, -0.05) is 44.2 Å². The van der Waals surface area contributed by atoms with Gasteiger partial charge in [0.2, 0.25) is 0 Å². The molecule has 0 fully saturated rings. The highest BCUT2D eigenvalue weighted by molar-refractivity contribution is 6.05. The first-order chi connectivity index (χ1) is 12.9. The largest absolute Gasteiger partial charge is 0.480 e. The van der Waals surface area contributed by atoms with Gasteiger partial charge in [-0.3, -0.25) is 9.59 Å². The summed E-state index contributed by atoms with van der Waals surface area (Å²) in [4.78, 5) is 36.4. The van der Waals surface area contributed by atoms with E-state index in [1.54, 1.807) is 30.3 Å². The van der Waals surface area contributed by atoms with Crippen molar-refractivity contribution in [1.29, 1.82) is 0 Å². The summed E-state index contributed by atoms with van der Waals surface area (Å²) in [7, 11) is 0. The smallest absolute Gasteiger partial charge is 0.326 e. The van der Waals surface area contributed by atoms with Crippen LogP contribution in [0.4, 0.5) is 0 Å². The van der Waals surface area contributed by atoms with E-state index < -0.39 is 23.8 Å². The predicted octanol–water partition coefficient (Wildman–Crippen LogP) is 2.67. The number of hydrogen-bond donors (Lipinski definition) is 3. The number of carboxylic acid groups (broad SMARTS) is 1. The first-order valence-electron chi connectivity index (χ1n) is 8.52. The van der Waals surface area contributed by atoms with E-state index in [4.69, 9.17) is 4.42 Å². The van der Waals surface area contributed by atoms with E-state index in [0.29, 0.717) is 5.56 Å². The average molecular weight is 370 g/mol. The minimum absolute atomic E-state index is 0.0405. The molecule has 1 heterocycles. The van der Waals surface area contributed by atoms with Crippen LogP contribution in [0.3, 0.4) is 0 Å². The lowest BCUT2D eigenvalue weighted by atomic mass is 10.0. The second-order valence-corrected chi connectivity index (χ2v) is 6.39. The van der Waals surface area contributed by atoms with Gasteiger partial charge in [0.05, 0.1) is 6.26 Å². The van der Waals surface area contributed by atoms with E-state index in [1.807, 2.05) is 19.9 Å². The molecule has 0 aliphatic carbocycles. The topological polar surface area (TPSA) is 109 Å². The molecule has 2 aromatic rings. The average Bonchev–Trinajstić information content (AvgIpc) is 3.15. The van der Waals surface area contributed by atoms with Crippen LogP contribution in [-0.4, -0.2) is 28.9 Å². The Hall–Kier alpha value is -3.35. The summed E-state index contributed by atoms with van der Waals surface area (Å²) in [6.45, 7) is 3.73. The lowest BCUT2D eigenvalue weighted by molar-refractivity contribution is -0.141. The summed E-state index contributed by atoms with van der Waals surface area (Å²) in [6, 6.07) is 10.9. The Bertz CT molecular complexity index is 810. The van der Waals surface area contributed by atoms with Crippen LogP contribution >= 0.6 is 0 Å². The summed E-state index contributed by atoms with van der Waals surface area (Å²) < 4.78 is 5.03. The van der Waals surface area contributed by atoms with Crippen LogP contribution in [0.1, 0.15) is 36.4 Å². The molecule has 7 nitrogen and oxygen atoms in total. The number of furan rings is 1. The van der Waals surface area contributed by atoms with Gasteiger partial charge in [-0.25, -0.2) is 4.79 Å². The number of carbonyl (C=O) groups is 3. The maximum Gasteiger partial charge on any atom is 0.326 e. The standard InChI is InChI=1S/C20H22N2O5/c1-13(2)11-16(20(25)26)22-18(23)15(12-14-7-4-3-5-8-14)21-19(24)17-9-6-10-27-17/h3-10,12-13,16H,11H2,1-2H3,(H,21,24)(H,22,23)(H,25,26)/b15-12+/t16-/m0/s1. The Kier molecular flexibility index (Phi) is 6.93. The molecule has 2 rings (SSSR count). The molecule has 0 bridgehead atoms. The molecule has 1 aromatic carbocycles. The lowest BCUT2D eigenvalue weighted by Gasteiger charge is -2.18. The molecule has 3 N–H and O–H groups in total. The minimum Gasteiger partial charge on any atom is -0.480 e. The summed E-state index contributed by atoms with van der Waals surface area (Å²) in [6.07, 6.45) is 3.09. The first-order valence-corrected chi connectivity index (χ1v) is 8.52. The third-order valence-electron chi connectivity index (χ3n) is 3.66. The van der Waals surface area contributed by atoms with Gasteiger partial charge < -0.3 is 20.2 Å². The fraction of sp³-hybridized carbons (Fsp3) is 0.250. The monoisotopic (exact) mass is 370 g/mol. The van der Waals surface area contributed by atoms with Crippen LogP contribution < -0.4 is 10.6 Å². The van der Waals surface area contributed by atoms with E-state index in [9.17, 15) is 19.5 Å². The van der Waals surface area contributed by atoms with Gasteiger partial charge in [0, 0.05) is 0 Å². The summed E-state index contributed by atoms with van der Waals surface area (Å²) in [5.41, 5.74) is 0.607. The molecule has 0 spiro atoms. The van der Waals surface area contributed by atoms with Crippen molar-refractivity contribution in [3.63, 3.8) is 0 Å². The van der Waals surface area contributed by atoms with Gasteiger partial charge in [-0.05, 0) is 36.1 Å². The molecule has 0 saturated carbocycles. The van der Waals surface area contributed by atoms with Gasteiger partial charge in [-0.2, -0.15) is 0 Å². The zero-order valence-corrected chi connectivity index (χ0v) is 15.1. The van der Waals surface area contributed by atoms with Crippen molar-refractivity contribution in [2.45, 2.75) is 26.3 Å². The summed E-state index contributed by atoms with van der Waals surface area (Å²) in [5, 5.41) is 14.3. The number of aliphatic carboxylic acids is 1. The molecular weight excluding hydrogens is 348 g/mol. The van der Waals surface area contributed by atoms with Crippen LogP contribution in [-0.2, 0) is 9.59 Å². The molecule has 0 radical (unpaired) electrons. The van der Waals surface area contributed by atoms with Gasteiger partial charge in [0.15, 0.2) is 5.76 Å². The highest BCUT2D eigenvalue weighted by atomic mass is 16.4. The summed E-state index contributed by atoms with van der Waals surface area (Å²) in [5.74, 6) is -2.31. The number of nitrogens with one attached hydrogen (secondary N) is 2. The molecular formula is C20H22N2O5. The number of amides is 2. The minimum atomic E-state index is -1.13. The second-order valence-electron chi connectivity index (χ2n) is 6.39. The maximum atomic E-state index is 12.7. The molecule has 0 saturated heterocycles. The van der Waals surface area contributed by atoms with E-state index in [2.05, 4.69) is 10.6 Å². The lowest BCUT2D eigenvalue weighted by Crippen LogP contribution is -2.44. The molecule has 27 heavy (non-hydrogen) atoms. The van der Waals surface area contributed by atoms with Crippen molar-refractivity contribution in [3.05, 3.63) is 65.7 Å². The molecule has 0 aliphatic heterocycles. The number of carbonyl (C=O) groups excluding carboxylic acids is 2. The van der Waals surface area contributed by atoms with E-state index in [0.717, 1.165) is 0 Å². The van der Waals surface area contributed by atoms with Gasteiger partial charge in [0.1, 0.15) is 11.7 Å². The van der Waals surface area contributed by atoms with Crippen molar-refractivity contribution in [2.24, 2.45) is 5.92 Å². The number of hydrogen-bond acceptors (Lipinski definition) is 4. The Labute approximate surface area is 157 Å². The molecule has 2 amide bonds. The van der Waals surface area contributed by atoms with E-state index >= 15 is 0 Å². The summed E-state index contributed by atoms with van der Waals surface area (Å²) >= 11 is 0. The molecule has 142 valence electrons. The van der Waals surface area contributed by atoms with Crippen molar-refractivity contribution in [2.75, 3.05) is 0 Å². The van der Waals surface area contributed by atoms with Gasteiger partial charge in [0.25, 0.3) is 11.8 Å². The third kappa shape index (κ3) is 6.14. The van der Waals surface area contributed by atoms with E-state index in [1.165, 1.54) is 18.4 Å². The zero-order valence-electron chi connectivity index (χ0n) is 15.1. The van der Waals surface area contributed by atoms with Crippen molar-refractivity contribution in [1.82, 2.24) is 10.6 Å². The first kappa shape index (κ1) is 20.0. The Morgan fingerprint density at radius 1 is 1.11 bits per heavy atom. The fourth-order valence-electron chi connectivity index (χ4n) is 2.39. The zero-order chi connectivity index (χ0) is 19.8. The fourth-order valence-corrected chi connectivity index (χ4v) is 2.39. The predicted molar refractivity (Wildman–Crippen MR) is 99.6 cm³/mol. The quantitative estimate of drug-likeness (QED) is 0.619. The highest BCUT2D eigenvalue weighted by Crippen LogP contribution is 2.10. The molecule has 0 unspecified atom stereocenters. The molecule has 1 atom stereocenters. The number of rotatable bonds is 8. The Morgan fingerprint density at radius 2 is 1.81 bits per heavy atom. The van der Waals surface area contributed by atoms with Crippen LogP contribution in [0, 0.1) is 5.92 Å². The van der Waals surface area contributed by atoms with E-state index in [-0.39, 0.29) is 23.8 Å². The molecule has 1 aromatic heterocycles. The maximum absolute atomic E-state index is 12.7. The second kappa shape index (κ2) is 9.38. The third-order valence-corrected chi connectivity index (χ3v) is 3.66. The normalized spacial score (nSPS) is 12.5. The van der Waals surface area contributed by atoms with Crippen LogP contribution in [0.15, 0.2) is 58.8 Å². The molecule has 7 heteroatoms. The highest BCUT2D eigenvalue weighted by Gasteiger charge is 2.24. The van der Waals surface area contributed by atoms with Crippen LogP contribution in [0.2, 0.25) is 0 Å². The Morgan fingerprint density at radius 3 is 2.37 bits per heavy atom. The molecule has 0 aliphatic rings. The number of carboxylic acids is 1. The SMILES string of the molecule is CC(C)C[C@H](NC(=O)/C(=C\c1ccccc1)NC(=O)c1ccco1)C(=O)O. The van der Waals surface area contributed by atoms with Gasteiger partial charge >= 0.3 is 5.97 Å².